The van der Waals surface area contributed by atoms with Crippen molar-refractivity contribution in [3.8, 4) is 11.3 Å². The number of carbonyl (C=O) groups excluding carboxylic acids is 1. The van der Waals surface area contributed by atoms with Gasteiger partial charge in [-0.25, -0.2) is 9.97 Å². The molecule has 0 bridgehead atoms. The standard InChI is InChI=1S/C20H23N3O3/c1-12-21-9-16(19(22-12)13-5-3-2-4-6-13)20(26)23-10-14-7-17(24)18(25)8-15(14)11-23/h2-6,9,14-15,17-18,24-25H,7-8,10-11H2,1H3/t14-,15+,17-,18-/m0/s1. The molecule has 136 valence electrons. The first kappa shape index (κ1) is 17.1. The summed E-state index contributed by atoms with van der Waals surface area (Å²) in [7, 11) is 0. The molecule has 1 amide bonds. The van der Waals surface area contributed by atoms with E-state index in [1.54, 1.807) is 6.20 Å². The van der Waals surface area contributed by atoms with Crippen LogP contribution in [0.4, 0.5) is 0 Å². The van der Waals surface area contributed by atoms with Gasteiger partial charge in [-0.3, -0.25) is 4.79 Å². The van der Waals surface area contributed by atoms with Gasteiger partial charge < -0.3 is 15.1 Å². The van der Waals surface area contributed by atoms with Crippen LogP contribution < -0.4 is 0 Å². The van der Waals surface area contributed by atoms with E-state index in [2.05, 4.69) is 9.97 Å². The second-order valence-electron chi connectivity index (χ2n) is 7.38. The maximum atomic E-state index is 13.2. The number of likely N-dealkylation sites (tertiary alicyclic amines) is 1. The van der Waals surface area contributed by atoms with Crippen molar-refractivity contribution in [1.29, 1.82) is 0 Å². The molecule has 2 aliphatic rings. The number of aryl methyl sites for hydroxylation is 1. The highest BCUT2D eigenvalue weighted by molar-refractivity contribution is 5.99. The molecule has 0 spiro atoms. The molecule has 4 atom stereocenters. The molecule has 1 aliphatic carbocycles. The summed E-state index contributed by atoms with van der Waals surface area (Å²) in [6.45, 7) is 3.03. The smallest absolute Gasteiger partial charge is 0.257 e. The lowest BCUT2D eigenvalue weighted by molar-refractivity contribution is -0.0372. The van der Waals surface area contributed by atoms with Gasteiger partial charge in [0.1, 0.15) is 5.82 Å². The Bertz CT molecular complexity index is 793. The Morgan fingerprint density at radius 1 is 1.08 bits per heavy atom. The van der Waals surface area contributed by atoms with Crippen LogP contribution in [0.25, 0.3) is 11.3 Å². The minimum atomic E-state index is -0.686. The summed E-state index contributed by atoms with van der Waals surface area (Å²) in [6.07, 6.45) is 1.33. The van der Waals surface area contributed by atoms with Crippen molar-refractivity contribution in [3.63, 3.8) is 0 Å². The Balaban J connectivity index is 1.62. The Hall–Kier alpha value is -2.31. The van der Waals surface area contributed by atoms with Crippen molar-refractivity contribution < 1.29 is 15.0 Å². The summed E-state index contributed by atoms with van der Waals surface area (Å²) in [4.78, 5) is 23.7. The van der Waals surface area contributed by atoms with Gasteiger partial charge in [0, 0.05) is 24.8 Å². The minimum Gasteiger partial charge on any atom is -0.390 e. The largest absolute Gasteiger partial charge is 0.390 e. The molecular formula is C20H23N3O3. The van der Waals surface area contributed by atoms with Crippen molar-refractivity contribution in [2.45, 2.75) is 32.0 Å². The molecule has 2 fully saturated rings. The molecule has 1 aromatic heterocycles. The van der Waals surface area contributed by atoms with Crippen LogP contribution in [0.2, 0.25) is 0 Å². The highest BCUT2D eigenvalue weighted by Crippen LogP contribution is 2.37. The van der Waals surface area contributed by atoms with E-state index in [1.807, 2.05) is 42.2 Å². The van der Waals surface area contributed by atoms with Gasteiger partial charge in [0.25, 0.3) is 5.91 Å². The van der Waals surface area contributed by atoms with Crippen molar-refractivity contribution in [2.24, 2.45) is 11.8 Å². The van der Waals surface area contributed by atoms with E-state index in [0.717, 1.165) is 5.56 Å². The predicted molar refractivity (Wildman–Crippen MR) is 96.3 cm³/mol. The van der Waals surface area contributed by atoms with E-state index in [0.29, 0.717) is 43.0 Å². The first-order valence-corrected chi connectivity index (χ1v) is 9.07. The first-order chi connectivity index (χ1) is 12.5. The van der Waals surface area contributed by atoms with Crippen LogP contribution in [-0.4, -0.2) is 56.3 Å². The molecule has 0 radical (unpaired) electrons. The zero-order valence-corrected chi connectivity index (χ0v) is 14.7. The van der Waals surface area contributed by atoms with Gasteiger partial charge in [0.05, 0.1) is 23.5 Å². The zero-order valence-electron chi connectivity index (χ0n) is 14.7. The number of aromatic nitrogens is 2. The zero-order chi connectivity index (χ0) is 18.3. The normalized spacial score (nSPS) is 28.0. The van der Waals surface area contributed by atoms with E-state index in [9.17, 15) is 15.0 Å². The van der Waals surface area contributed by atoms with Crippen molar-refractivity contribution >= 4 is 5.91 Å². The molecule has 2 aromatic rings. The lowest BCUT2D eigenvalue weighted by Crippen LogP contribution is -2.38. The second kappa shape index (κ2) is 6.78. The number of hydrogen-bond acceptors (Lipinski definition) is 5. The van der Waals surface area contributed by atoms with Crippen molar-refractivity contribution in [3.05, 3.63) is 47.9 Å². The third-order valence-electron chi connectivity index (χ3n) is 5.58. The molecule has 4 rings (SSSR count). The molecule has 2 N–H and O–H groups in total. The Kier molecular flexibility index (Phi) is 4.46. The van der Waals surface area contributed by atoms with E-state index < -0.39 is 12.2 Å². The first-order valence-electron chi connectivity index (χ1n) is 9.07. The van der Waals surface area contributed by atoms with Crippen molar-refractivity contribution in [1.82, 2.24) is 14.9 Å². The number of rotatable bonds is 2. The van der Waals surface area contributed by atoms with Crippen LogP contribution in [0.1, 0.15) is 29.0 Å². The molecule has 1 aliphatic heterocycles. The van der Waals surface area contributed by atoms with Gasteiger partial charge in [-0.1, -0.05) is 30.3 Å². The van der Waals surface area contributed by atoms with Crippen molar-refractivity contribution in [2.75, 3.05) is 13.1 Å². The van der Waals surface area contributed by atoms with Crippen LogP contribution in [0.15, 0.2) is 36.5 Å². The maximum Gasteiger partial charge on any atom is 0.257 e. The van der Waals surface area contributed by atoms with E-state index >= 15 is 0 Å². The Morgan fingerprint density at radius 3 is 2.31 bits per heavy atom. The fourth-order valence-corrected chi connectivity index (χ4v) is 4.19. The highest BCUT2D eigenvalue weighted by atomic mass is 16.3. The molecule has 26 heavy (non-hydrogen) atoms. The van der Waals surface area contributed by atoms with Gasteiger partial charge in [0.2, 0.25) is 0 Å². The Labute approximate surface area is 152 Å². The summed E-state index contributed by atoms with van der Waals surface area (Å²) in [5.74, 6) is 1.02. The number of hydrogen-bond donors (Lipinski definition) is 2. The molecule has 1 saturated heterocycles. The Morgan fingerprint density at radius 2 is 1.69 bits per heavy atom. The van der Waals surface area contributed by atoms with Crippen LogP contribution in [0, 0.1) is 18.8 Å². The van der Waals surface area contributed by atoms with Crippen LogP contribution in [-0.2, 0) is 0 Å². The third kappa shape index (κ3) is 3.10. The fourth-order valence-electron chi connectivity index (χ4n) is 4.19. The number of fused-ring (bicyclic) bond motifs is 1. The molecule has 6 nitrogen and oxygen atoms in total. The predicted octanol–water partition coefficient (Wildman–Crippen LogP) is 1.66. The lowest BCUT2D eigenvalue weighted by atomic mass is 9.79. The molecular weight excluding hydrogens is 330 g/mol. The topological polar surface area (TPSA) is 86.6 Å². The van der Waals surface area contributed by atoms with Gasteiger partial charge in [-0.15, -0.1) is 0 Å². The minimum absolute atomic E-state index is 0.0813. The SMILES string of the molecule is Cc1ncc(C(=O)N2C[C@H]3C[C@H](O)[C@@H](O)C[C@H]3C2)c(-c2ccccc2)n1. The van der Waals surface area contributed by atoms with Crippen LogP contribution in [0.5, 0.6) is 0 Å². The summed E-state index contributed by atoms with van der Waals surface area (Å²) in [5, 5.41) is 19.8. The number of amides is 1. The van der Waals surface area contributed by atoms with Gasteiger partial charge >= 0.3 is 0 Å². The molecule has 2 heterocycles. The van der Waals surface area contributed by atoms with Gasteiger partial charge in [-0.2, -0.15) is 0 Å². The monoisotopic (exact) mass is 353 g/mol. The summed E-state index contributed by atoms with van der Waals surface area (Å²) < 4.78 is 0. The summed E-state index contributed by atoms with van der Waals surface area (Å²) >= 11 is 0. The second-order valence-corrected chi connectivity index (χ2v) is 7.38. The van der Waals surface area contributed by atoms with Gasteiger partial charge in [-0.05, 0) is 31.6 Å². The van der Waals surface area contributed by atoms with E-state index in [-0.39, 0.29) is 17.7 Å². The van der Waals surface area contributed by atoms with Gasteiger partial charge in [0.15, 0.2) is 0 Å². The number of nitrogens with zero attached hydrogens (tertiary/aromatic N) is 3. The highest BCUT2D eigenvalue weighted by Gasteiger charge is 2.42. The number of aliphatic hydroxyl groups is 2. The molecule has 1 saturated carbocycles. The lowest BCUT2D eigenvalue weighted by Gasteiger charge is -2.31. The van der Waals surface area contributed by atoms with E-state index in [4.69, 9.17) is 0 Å². The number of benzene rings is 1. The maximum absolute atomic E-state index is 13.2. The summed E-state index contributed by atoms with van der Waals surface area (Å²) in [6, 6.07) is 9.66. The fraction of sp³-hybridized carbons (Fsp3) is 0.450. The van der Waals surface area contributed by atoms with Crippen LogP contribution >= 0.6 is 0 Å². The quantitative estimate of drug-likeness (QED) is 0.857. The van der Waals surface area contributed by atoms with Crippen LogP contribution in [0.3, 0.4) is 0 Å². The average molecular weight is 353 g/mol. The molecule has 1 aromatic carbocycles. The van der Waals surface area contributed by atoms with E-state index in [1.165, 1.54) is 0 Å². The number of carbonyl (C=O) groups is 1. The third-order valence-corrected chi connectivity index (χ3v) is 5.58. The molecule has 0 unspecified atom stereocenters. The summed E-state index contributed by atoms with van der Waals surface area (Å²) in [5.41, 5.74) is 2.04. The number of aliphatic hydroxyl groups excluding tert-OH is 2. The molecule has 6 heteroatoms. The average Bonchev–Trinajstić information content (AvgIpc) is 3.05.